The van der Waals surface area contributed by atoms with Crippen molar-refractivity contribution in [2.24, 2.45) is 0 Å². The number of carbonyl (C=O) groups is 1. The summed E-state index contributed by atoms with van der Waals surface area (Å²) in [4.78, 5) is 23.7. The Morgan fingerprint density at radius 1 is 1.38 bits per heavy atom. The summed E-state index contributed by atoms with van der Waals surface area (Å²) in [6.45, 7) is 6.22. The van der Waals surface area contributed by atoms with E-state index >= 15 is 0 Å². The molecule has 1 aromatic carbocycles. The molecule has 1 heterocycles. The maximum Gasteiger partial charge on any atom is 0.410 e. The third kappa shape index (κ3) is 4.12. The van der Waals surface area contributed by atoms with Gasteiger partial charge in [0.15, 0.2) is 5.82 Å². The van der Waals surface area contributed by atoms with Crippen LogP contribution < -0.4 is 0 Å². The summed E-state index contributed by atoms with van der Waals surface area (Å²) in [5.74, 6) is -2.07. The molecule has 1 fully saturated rings. The van der Waals surface area contributed by atoms with Crippen molar-refractivity contribution in [1.82, 2.24) is 4.90 Å². The molecule has 1 saturated heterocycles. The van der Waals surface area contributed by atoms with Crippen LogP contribution in [0.3, 0.4) is 0 Å². The summed E-state index contributed by atoms with van der Waals surface area (Å²) in [5, 5.41) is 20.3. The van der Waals surface area contributed by atoms with Crippen molar-refractivity contribution in [3.05, 3.63) is 33.6 Å². The second kappa shape index (κ2) is 6.62. The highest BCUT2D eigenvalue weighted by atomic mass is 19.1. The van der Waals surface area contributed by atoms with Crippen LogP contribution in [0.2, 0.25) is 0 Å². The van der Waals surface area contributed by atoms with Gasteiger partial charge in [0.1, 0.15) is 5.60 Å². The van der Waals surface area contributed by atoms with Crippen LogP contribution in [0.4, 0.5) is 14.9 Å². The zero-order chi connectivity index (χ0) is 18.1. The molecule has 0 saturated carbocycles. The number of likely N-dealkylation sites (tertiary alicyclic amines) is 1. The Labute approximate surface area is 139 Å². The summed E-state index contributed by atoms with van der Waals surface area (Å²) in [6, 6.07) is 2.32. The first kappa shape index (κ1) is 18.0. The molecule has 24 heavy (non-hydrogen) atoms. The molecular weight excluding hydrogens is 319 g/mol. The second-order valence-electron chi connectivity index (χ2n) is 6.87. The molecular formula is C16H21FN2O5. The predicted molar refractivity (Wildman–Crippen MR) is 84.5 cm³/mol. The molecule has 0 unspecified atom stereocenters. The predicted octanol–water partition coefficient (Wildman–Crippen LogP) is 3.55. The molecule has 1 aliphatic rings. The van der Waals surface area contributed by atoms with Crippen molar-refractivity contribution in [1.29, 1.82) is 0 Å². The number of phenols is 1. The van der Waals surface area contributed by atoms with Gasteiger partial charge in [-0.2, -0.15) is 0 Å². The van der Waals surface area contributed by atoms with Crippen LogP contribution in [-0.2, 0) is 4.74 Å². The molecule has 0 radical (unpaired) electrons. The number of aromatic hydroxyl groups is 1. The monoisotopic (exact) mass is 340 g/mol. The fourth-order valence-corrected chi connectivity index (χ4v) is 2.70. The molecule has 1 aliphatic heterocycles. The first-order valence-electron chi connectivity index (χ1n) is 7.73. The number of piperidine rings is 1. The summed E-state index contributed by atoms with van der Waals surface area (Å²) < 4.78 is 19.0. The van der Waals surface area contributed by atoms with Gasteiger partial charge in [0.2, 0.25) is 5.75 Å². The van der Waals surface area contributed by atoms with Crippen LogP contribution in [0, 0.1) is 15.9 Å². The van der Waals surface area contributed by atoms with E-state index in [2.05, 4.69) is 0 Å². The van der Waals surface area contributed by atoms with Gasteiger partial charge in [-0.05, 0) is 51.2 Å². The molecule has 0 spiro atoms. The summed E-state index contributed by atoms with van der Waals surface area (Å²) in [7, 11) is 0. The van der Waals surface area contributed by atoms with E-state index in [1.54, 1.807) is 25.7 Å². The number of nitro benzene ring substituents is 1. The third-order valence-corrected chi connectivity index (χ3v) is 3.88. The van der Waals surface area contributed by atoms with Gasteiger partial charge in [-0.25, -0.2) is 9.18 Å². The lowest BCUT2D eigenvalue weighted by molar-refractivity contribution is -0.386. The maximum atomic E-state index is 13.7. The van der Waals surface area contributed by atoms with E-state index in [1.165, 1.54) is 6.07 Å². The van der Waals surface area contributed by atoms with E-state index in [9.17, 15) is 24.4 Å². The standard InChI is InChI=1S/C16H21FN2O5/c1-16(2,3)24-15(21)18-6-4-10(5-7-18)11-8-12(17)14(20)13(9-11)19(22)23/h8-10,20H,4-7H2,1-3H3. The van der Waals surface area contributed by atoms with Crippen molar-refractivity contribution < 1.29 is 24.0 Å². The number of benzene rings is 1. The van der Waals surface area contributed by atoms with E-state index in [4.69, 9.17) is 4.74 Å². The van der Waals surface area contributed by atoms with Crippen LogP contribution in [0.15, 0.2) is 12.1 Å². The number of carbonyl (C=O) groups excluding carboxylic acids is 1. The lowest BCUT2D eigenvalue weighted by Gasteiger charge is -2.33. The number of hydrogen-bond donors (Lipinski definition) is 1. The fourth-order valence-electron chi connectivity index (χ4n) is 2.70. The Balaban J connectivity index is 2.07. The number of hydrogen-bond acceptors (Lipinski definition) is 5. The van der Waals surface area contributed by atoms with E-state index in [-0.39, 0.29) is 5.92 Å². The summed E-state index contributed by atoms with van der Waals surface area (Å²) in [6.07, 6.45) is 0.685. The highest BCUT2D eigenvalue weighted by Gasteiger charge is 2.29. The molecule has 0 aromatic heterocycles. The van der Waals surface area contributed by atoms with E-state index in [0.717, 1.165) is 6.07 Å². The number of nitro groups is 1. The largest absolute Gasteiger partial charge is 0.500 e. The summed E-state index contributed by atoms with van der Waals surface area (Å²) >= 11 is 0. The Bertz CT molecular complexity index is 649. The minimum Gasteiger partial charge on any atom is -0.500 e. The highest BCUT2D eigenvalue weighted by molar-refractivity contribution is 5.68. The van der Waals surface area contributed by atoms with Crippen molar-refractivity contribution >= 4 is 11.8 Å². The molecule has 132 valence electrons. The summed E-state index contributed by atoms with van der Waals surface area (Å²) in [5.41, 5.74) is -0.755. The molecule has 8 heteroatoms. The average molecular weight is 340 g/mol. The Hall–Kier alpha value is -2.38. The first-order chi connectivity index (χ1) is 11.1. The van der Waals surface area contributed by atoms with Gasteiger partial charge in [-0.15, -0.1) is 0 Å². The first-order valence-corrected chi connectivity index (χ1v) is 7.73. The normalized spacial score (nSPS) is 16.1. The van der Waals surface area contributed by atoms with Gasteiger partial charge < -0.3 is 14.7 Å². The quantitative estimate of drug-likeness (QED) is 0.656. The van der Waals surface area contributed by atoms with E-state index < -0.39 is 33.9 Å². The van der Waals surface area contributed by atoms with Gasteiger partial charge in [0.05, 0.1) is 4.92 Å². The fraction of sp³-hybridized carbons (Fsp3) is 0.562. The Morgan fingerprint density at radius 3 is 2.46 bits per heavy atom. The van der Waals surface area contributed by atoms with E-state index in [0.29, 0.717) is 31.5 Å². The second-order valence-corrected chi connectivity index (χ2v) is 6.87. The molecule has 2 rings (SSSR count). The number of ether oxygens (including phenoxy) is 1. The molecule has 1 N–H and O–H groups in total. The number of halogens is 1. The third-order valence-electron chi connectivity index (χ3n) is 3.88. The van der Waals surface area contributed by atoms with Crippen molar-refractivity contribution in [3.8, 4) is 5.75 Å². The minimum absolute atomic E-state index is 0.113. The SMILES string of the molecule is CC(C)(C)OC(=O)N1CCC(c2cc(F)c(O)c([N+](=O)[O-])c2)CC1. The van der Waals surface area contributed by atoms with Gasteiger partial charge >= 0.3 is 11.8 Å². The Morgan fingerprint density at radius 2 is 1.96 bits per heavy atom. The molecule has 0 bridgehead atoms. The van der Waals surface area contributed by atoms with Crippen molar-refractivity contribution in [2.75, 3.05) is 13.1 Å². The molecule has 0 atom stereocenters. The van der Waals surface area contributed by atoms with Crippen LogP contribution in [0.1, 0.15) is 45.1 Å². The number of rotatable bonds is 2. The van der Waals surface area contributed by atoms with Crippen molar-refractivity contribution in [2.45, 2.75) is 45.1 Å². The minimum atomic E-state index is -1.01. The zero-order valence-electron chi connectivity index (χ0n) is 13.9. The molecule has 0 aliphatic carbocycles. The average Bonchev–Trinajstić information content (AvgIpc) is 2.48. The number of phenolic OH excluding ortho intramolecular Hbond substituents is 1. The number of amides is 1. The van der Waals surface area contributed by atoms with Crippen LogP contribution in [0.5, 0.6) is 5.75 Å². The van der Waals surface area contributed by atoms with E-state index in [1.807, 2.05) is 0 Å². The smallest absolute Gasteiger partial charge is 0.410 e. The van der Waals surface area contributed by atoms with Gasteiger partial charge in [-0.3, -0.25) is 10.1 Å². The lowest BCUT2D eigenvalue weighted by Crippen LogP contribution is -2.41. The van der Waals surface area contributed by atoms with Gasteiger partial charge in [0.25, 0.3) is 0 Å². The zero-order valence-corrected chi connectivity index (χ0v) is 13.9. The Kier molecular flexibility index (Phi) is 4.96. The van der Waals surface area contributed by atoms with Crippen LogP contribution in [-0.4, -0.2) is 39.7 Å². The van der Waals surface area contributed by atoms with Gasteiger partial charge in [0, 0.05) is 19.2 Å². The highest BCUT2D eigenvalue weighted by Crippen LogP contribution is 2.36. The van der Waals surface area contributed by atoms with Gasteiger partial charge in [-0.1, -0.05) is 0 Å². The van der Waals surface area contributed by atoms with Crippen LogP contribution >= 0.6 is 0 Å². The topological polar surface area (TPSA) is 92.9 Å². The molecule has 1 amide bonds. The van der Waals surface area contributed by atoms with Crippen LogP contribution in [0.25, 0.3) is 0 Å². The van der Waals surface area contributed by atoms with Crippen molar-refractivity contribution in [3.63, 3.8) is 0 Å². The number of nitrogens with zero attached hydrogens (tertiary/aromatic N) is 2. The maximum absolute atomic E-state index is 13.7. The lowest BCUT2D eigenvalue weighted by atomic mass is 9.89. The molecule has 7 nitrogen and oxygen atoms in total. The molecule has 1 aromatic rings.